The standard InChI is InChI=1S/C13H8Cl2N2/c14-10-4-1-5-11(15)12(10)13-9(6-7-16)3-2-8-17-13/h1-5,8H,6H2. The molecule has 0 amide bonds. The molecule has 0 spiro atoms. The van der Waals surface area contributed by atoms with Gasteiger partial charge in [-0.05, 0) is 23.8 Å². The normalized spacial score (nSPS) is 9.94. The van der Waals surface area contributed by atoms with Crippen LogP contribution in [-0.2, 0) is 6.42 Å². The Labute approximate surface area is 109 Å². The summed E-state index contributed by atoms with van der Waals surface area (Å²) in [5, 5.41) is 9.86. The van der Waals surface area contributed by atoms with Crippen LogP contribution in [-0.4, -0.2) is 4.98 Å². The lowest BCUT2D eigenvalue weighted by Crippen LogP contribution is -1.93. The predicted molar refractivity (Wildman–Crippen MR) is 69.0 cm³/mol. The number of rotatable bonds is 2. The van der Waals surface area contributed by atoms with Gasteiger partial charge in [-0.1, -0.05) is 35.3 Å². The van der Waals surface area contributed by atoms with E-state index < -0.39 is 0 Å². The second-order valence-corrected chi connectivity index (χ2v) is 4.26. The molecule has 1 aromatic heterocycles. The highest BCUT2D eigenvalue weighted by Crippen LogP contribution is 2.35. The van der Waals surface area contributed by atoms with Crippen LogP contribution in [0, 0.1) is 11.3 Å². The van der Waals surface area contributed by atoms with Crippen LogP contribution < -0.4 is 0 Å². The van der Waals surface area contributed by atoms with Gasteiger partial charge in [0.05, 0.1) is 28.2 Å². The summed E-state index contributed by atoms with van der Waals surface area (Å²) in [7, 11) is 0. The van der Waals surface area contributed by atoms with Gasteiger partial charge in [0.2, 0.25) is 0 Å². The summed E-state index contributed by atoms with van der Waals surface area (Å²) in [6.45, 7) is 0. The molecule has 0 aliphatic carbocycles. The number of aromatic nitrogens is 1. The Morgan fingerprint density at radius 1 is 1.12 bits per heavy atom. The Morgan fingerprint density at radius 3 is 2.47 bits per heavy atom. The highest BCUT2D eigenvalue weighted by Gasteiger charge is 2.13. The average Bonchev–Trinajstić information content (AvgIpc) is 2.31. The molecule has 2 rings (SSSR count). The van der Waals surface area contributed by atoms with Gasteiger partial charge < -0.3 is 0 Å². The van der Waals surface area contributed by atoms with Crippen LogP contribution in [0.1, 0.15) is 5.56 Å². The van der Waals surface area contributed by atoms with Gasteiger partial charge in [-0.15, -0.1) is 0 Å². The maximum atomic E-state index is 8.79. The van der Waals surface area contributed by atoms with E-state index in [1.165, 1.54) is 0 Å². The van der Waals surface area contributed by atoms with Gasteiger partial charge in [-0.25, -0.2) is 0 Å². The summed E-state index contributed by atoms with van der Waals surface area (Å²) < 4.78 is 0. The molecule has 0 saturated carbocycles. The number of nitriles is 1. The molecule has 0 aliphatic rings. The van der Waals surface area contributed by atoms with Crippen LogP contribution in [0.2, 0.25) is 10.0 Å². The summed E-state index contributed by atoms with van der Waals surface area (Å²) >= 11 is 12.3. The van der Waals surface area contributed by atoms with E-state index in [1.807, 2.05) is 6.07 Å². The Hall–Kier alpha value is -1.56. The molecular formula is C13H8Cl2N2. The summed E-state index contributed by atoms with van der Waals surface area (Å²) in [4.78, 5) is 4.27. The highest BCUT2D eigenvalue weighted by atomic mass is 35.5. The molecule has 2 nitrogen and oxygen atoms in total. The fourth-order valence-corrected chi connectivity index (χ4v) is 2.19. The van der Waals surface area contributed by atoms with E-state index in [-0.39, 0.29) is 6.42 Å². The first kappa shape index (κ1) is 11.9. The first-order valence-corrected chi connectivity index (χ1v) is 5.75. The molecule has 2 aromatic rings. The smallest absolute Gasteiger partial charge is 0.0774 e. The topological polar surface area (TPSA) is 36.7 Å². The first-order chi connectivity index (χ1) is 8.24. The molecule has 1 aromatic carbocycles. The monoisotopic (exact) mass is 262 g/mol. The highest BCUT2D eigenvalue weighted by molar-refractivity contribution is 6.39. The number of pyridine rings is 1. The van der Waals surface area contributed by atoms with E-state index in [0.717, 1.165) is 5.56 Å². The van der Waals surface area contributed by atoms with E-state index in [9.17, 15) is 0 Å². The van der Waals surface area contributed by atoms with Gasteiger partial charge in [0.25, 0.3) is 0 Å². The second-order valence-electron chi connectivity index (χ2n) is 3.44. The lowest BCUT2D eigenvalue weighted by atomic mass is 10.0. The molecule has 0 saturated heterocycles. The molecule has 0 fully saturated rings. The number of nitrogens with zero attached hydrogens (tertiary/aromatic N) is 2. The first-order valence-electron chi connectivity index (χ1n) is 4.99. The molecule has 1 heterocycles. The third kappa shape index (κ3) is 2.41. The predicted octanol–water partition coefficient (Wildman–Crippen LogP) is 4.12. The Kier molecular flexibility index (Phi) is 3.63. The van der Waals surface area contributed by atoms with Gasteiger partial charge in [-0.3, -0.25) is 4.98 Å². The maximum Gasteiger partial charge on any atom is 0.0774 e. The van der Waals surface area contributed by atoms with Crippen LogP contribution in [0.3, 0.4) is 0 Å². The third-order valence-electron chi connectivity index (χ3n) is 2.36. The van der Waals surface area contributed by atoms with Crippen LogP contribution in [0.25, 0.3) is 11.3 Å². The number of hydrogen-bond acceptors (Lipinski definition) is 2. The lowest BCUT2D eigenvalue weighted by Gasteiger charge is -2.09. The molecular weight excluding hydrogens is 255 g/mol. The van der Waals surface area contributed by atoms with Crippen molar-refractivity contribution in [3.8, 4) is 17.3 Å². The molecule has 0 aliphatic heterocycles. The van der Waals surface area contributed by atoms with Crippen molar-refractivity contribution < 1.29 is 0 Å². The van der Waals surface area contributed by atoms with E-state index in [0.29, 0.717) is 21.3 Å². The van der Waals surface area contributed by atoms with Crippen molar-refractivity contribution >= 4 is 23.2 Å². The van der Waals surface area contributed by atoms with E-state index in [1.54, 1.807) is 30.5 Å². The molecule has 0 bridgehead atoms. The zero-order valence-corrected chi connectivity index (χ0v) is 10.3. The Morgan fingerprint density at radius 2 is 1.82 bits per heavy atom. The summed E-state index contributed by atoms with van der Waals surface area (Å²) in [5.74, 6) is 0. The second kappa shape index (κ2) is 5.18. The van der Waals surface area contributed by atoms with E-state index in [2.05, 4.69) is 11.1 Å². The van der Waals surface area contributed by atoms with Gasteiger partial charge in [-0.2, -0.15) is 5.26 Å². The molecule has 17 heavy (non-hydrogen) atoms. The summed E-state index contributed by atoms with van der Waals surface area (Å²) in [6.07, 6.45) is 1.95. The minimum Gasteiger partial charge on any atom is -0.256 e. The minimum absolute atomic E-state index is 0.282. The number of benzene rings is 1. The van der Waals surface area contributed by atoms with Crippen molar-refractivity contribution in [2.24, 2.45) is 0 Å². The molecule has 84 valence electrons. The van der Waals surface area contributed by atoms with Crippen LogP contribution in [0.5, 0.6) is 0 Å². The van der Waals surface area contributed by atoms with Crippen molar-refractivity contribution in [2.75, 3.05) is 0 Å². The van der Waals surface area contributed by atoms with Gasteiger partial charge >= 0.3 is 0 Å². The maximum absolute atomic E-state index is 8.79. The molecule has 0 unspecified atom stereocenters. The largest absolute Gasteiger partial charge is 0.256 e. The Bertz CT molecular complexity index is 568. The lowest BCUT2D eigenvalue weighted by molar-refractivity contribution is 1.20. The van der Waals surface area contributed by atoms with Crippen LogP contribution in [0.4, 0.5) is 0 Å². The van der Waals surface area contributed by atoms with Gasteiger partial charge in [0.1, 0.15) is 0 Å². The number of halogens is 2. The molecule has 0 N–H and O–H groups in total. The third-order valence-corrected chi connectivity index (χ3v) is 2.99. The SMILES string of the molecule is N#CCc1cccnc1-c1c(Cl)cccc1Cl. The average molecular weight is 263 g/mol. The quantitative estimate of drug-likeness (QED) is 0.817. The number of hydrogen-bond donors (Lipinski definition) is 0. The fourth-order valence-electron chi connectivity index (χ4n) is 1.62. The van der Waals surface area contributed by atoms with Crippen molar-refractivity contribution in [1.29, 1.82) is 5.26 Å². The molecule has 0 atom stereocenters. The summed E-state index contributed by atoms with van der Waals surface area (Å²) in [6, 6.07) is 11.0. The van der Waals surface area contributed by atoms with E-state index in [4.69, 9.17) is 28.5 Å². The zero-order valence-electron chi connectivity index (χ0n) is 8.82. The fraction of sp³-hybridized carbons (Fsp3) is 0.0769. The van der Waals surface area contributed by atoms with Crippen molar-refractivity contribution in [3.05, 3.63) is 52.1 Å². The van der Waals surface area contributed by atoms with Gasteiger partial charge in [0, 0.05) is 11.8 Å². The van der Waals surface area contributed by atoms with Crippen molar-refractivity contribution in [2.45, 2.75) is 6.42 Å². The van der Waals surface area contributed by atoms with Gasteiger partial charge in [0.15, 0.2) is 0 Å². The van der Waals surface area contributed by atoms with Crippen LogP contribution in [0.15, 0.2) is 36.5 Å². The molecule has 4 heteroatoms. The minimum atomic E-state index is 0.282. The molecule has 0 radical (unpaired) electrons. The van der Waals surface area contributed by atoms with E-state index >= 15 is 0 Å². The summed E-state index contributed by atoms with van der Waals surface area (Å²) in [5.41, 5.74) is 2.18. The Balaban J connectivity index is 2.65. The zero-order chi connectivity index (χ0) is 12.3. The van der Waals surface area contributed by atoms with Crippen molar-refractivity contribution in [1.82, 2.24) is 4.98 Å². The van der Waals surface area contributed by atoms with Crippen molar-refractivity contribution in [3.63, 3.8) is 0 Å². The van der Waals surface area contributed by atoms with Crippen LogP contribution >= 0.6 is 23.2 Å².